The summed E-state index contributed by atoms with van der Waals surface area (Å²) in [6, 6.07) is 8.72. The van der Waals surface area contributed by atoms with Gasteiger partial charge in [-0.3, -0.25) is 0 Å². The molecule has 0 aliphatic carbocycles. The predicted molar refractivity (Wildman–Crippen MR) is 82.2 cm³/mol. The molecule has 1 aromatic rings. The Hall–Kier alpha value is -0.681. The van der Waals surface area contributed by atoms with Gasteiger partial charge in [0.15, 0.2) is 0 Å². The van der Waals surface area contributed by atoms with Crippen LogP contribution in [0.3, 0.4) is 0 Å². The van der Waals surface area contributed by atoms with E-state index in [1.807, 2.05) is 0 Å². The molecule has 94 valence electrons. The van der Waals surface area contributed by atoms with E-state index in [9.17, 15) is 0 Å². The van der Waals surface area contributed by atoms with Crippen molar-refractivity contribution in [3.8, 4) is 0 Å². The van der Waals surface area contributed by atoms with Gasteiger partial charge in [0.2, 0.25) is 0 Å². The number of rotatable bonds is 2. The van der Waals surface area contributed by atoms with Gasteiger partial charge in [-0.1, -0.05) is 0 Å². The summed E-state index contributed by atoms with van der Waals surface area (Å²) >= 11 is -2.24. The van der Waals surface area contributed by atoms with Gasteiger partial charge in [-0.15, -0.1) is 0 Å². The molecule has 0 nitrogen and oxygen atoms in total. The van der Waals surface area contributed by atoms with E-state index in [1.54, 1.807) is 0 Å². The molecule has 0 aromatic heterocycles. The van der Waals surface area contributed by atoms with Gasteiger partial charge in [0.25, 0.3) is 0 Å². The molecule has 0 spiro atoms. The molecule has 0 bridgehead atoms. The zero-order valence-electron chi connectivity index (χ0n) is 12.3. The fourth-order valence-corrected chi connectivity index (χ4v) is 6.09. The summed E-state index contributed by atoms with van der Waals surface area (Å²) < 4.78 is 1.24. The third-order valence-electron chi connectivity index (χ3n) is 2.98. The van der Waals surface area contributed by atoms with Gasteiger partial charge < -0.3 is 0 Å². The molecule has 0 saturated carbocycles. The van der Waals surface area contributed by atoms with Crippen molar-refractivity contribution in [3.63, 3.8) is 0 Å². The van der Waals surface area contributed by atoms with E-state index >= 15 is 0 Å². The van der Waals surface area contributed by atoms with Crippen molar-refractivity contribution in [1.29, 1.82) is 0 Å². The first kappa shape index (κ1) is 15.4. The first-order valence-electron chi connectivity index (χ1n) is 6.32. The average molecular weight is 345 g/mol. The summed E-state index contributed by atoms with van der Waals surface area (Å²) in [5.41, 5.74) is 8.10. The van der Waals surface area contributed by atoms with Crippen molar-refractivity contribution in [2.24, 2.45) is 0 Å². The molecular formula is C17H22Sn. The SMILES string of the molecule is [C]=C=C=[C](c1ccc(C(C)(C)C)cc1)[Sn]([CH3])([CH3])[CH3]. The molecule has 0 fully saturated rings. The normalized spacial score (nSPS) is 11.7. The van der Waals surface area contributed by atoms with E-state index < -0.39 is 18.4 Å². The van der Waals surface area contributed by atoms with Crippen LogP contribution in [0.5, 0.6) is 0 Å². The monoisotopic (exact) mass is 346 g/mol. The number of hydrogen-bond acceptors (Lipinski definition) is 0. The second kappa shape index (κ2) is 5.53. The number of benzene rings is 1. The molecule has 1 aromatic carbocycles. The van der Waals surface area contributed by atoms with Crippen molar-refractivity contribution in [3.05, 3.63) is 53.4 Å². The molecular weight excluding hydrogens is 323 g/mol. The van der Waals surface area contributed by atoms with E-state index in [1.165, 1.54) is 14.7 Å². The molecule has 2 radical (unpaired) electrons. The van der Waals surface area contributed by atoms with Gasteiger partial charge >= 0.3 is 116 Å². The topological polar surface area (TPSA) is 0 Å². The van der Waals surface area contributed by atoms with Gasteiger partial charge in [-0.05, 0) is 0 Å². The van der Waals surface area contributed by atoms with Crippen LogP contribution in [0, 0.1) is 6.58 Å². The van der Waals surface area contributed by atoms with Crippen LogP contribution in [0.4, 0.5) is 0 Å². The fourth-order valence-electron chi connectivity index (χ4n) is 1.89. The molecule has 0 unspecified atom stereocenters. The van der Waals surface area contributed by atoms with Gasteiger partial charge in [0, 0.05) is 0 Å². The summed E-state index contributed by atoms with van der Waals surface area (Å²) in [5, 5.41) is 0. The first-order valence-corrected chi connectivity index (χ1v) is 16.3. The molecule has 0 N–H and O–H groups in total. The maximum absolute atomic E-state index is 7.16. The molecule has 0 amide bonds. The standard InChI is InChI=1S/C14H13.3CH3.Sn/c1-5-6-7-12-8-10-13(11-9-12)14(2,3)4;;;;/h8-11H,2-4H3;3*1H3;. The summed E-state index contributed by atoms with van der Waals surface area (Å²) in [5.74, 6) is 0. The molecule has 0 aliphatic rings. The third-order valence-corrected chi connectivity index (χ3v) is 8.44. The minimum atomic E-state index is -2.24. The van der Waals surface area contributed by atoms with Gasteiger partial charge in [-0.25, -0.2) is 0 Å². The summed E-state index contributed by atoms with van der Waals surface area (Å²) in [4.78, 5) is 7.02. The van der Waals surface area contributed by atoms with E-state index in [0.717, 1.165) is 0 Å². The van der Waals surface area contributed by atoms with Crippen molar-refractivity contribution >= 4 is 22.0 Å². The Balaban J connectivity index is 3.28. The van der Waals surface area contributed by atoms with Crippen molar-refractivity contribution in [2.45, 2.75) is 41.0 Å². The third kappa shape index (κ3) is 3.92. The molecule has 0 saturated heterocycles. The zero-order chi connectivity index (χ0) is 14.0. The van der Waals surface area contributed by atoms with Crippen LogP contribution < -0.4 is 0 Å². The molecule has 0 heterocycles. The van der Waals surface area contributed by atoms with E-state index in [2.05, 4.69) is 71.3 Å². The average Bonchev–Trinajstić information content (AvgIpc) is 2.23. The summed E-state index contributed by atoms with van der Waals surface area (Å²) in [6.45, 7) is 13.8. The van der Waals surface area contributed by atoms with Crippen molar-refractivity contribution < 1.29 is 0 Å². The van der Waals surface area contributed by atoms with Crippen LogP contribution in [0.1, 0.15) is 31.9 Å². The van der Waals surface area contributed by atoms with Crippen LogP contribution >= 0.6 is 0 Å². The molecule has 0 aliphatic heterocycles. The zero-order valence-corrected chi connectivity index (χ0v) is 15.2. The Labute approximate surface area is 116 Å². The molecule has 1 heteroatoms. The van der Waals surface area contributed by atoms with Crippen molar-refractivity contribution in [1.82, 2.24) is 0 Å². The van der Waals surface area contributed by atoms with Gasteiger partial charge in [-0.2, -0.15) is 0 Å². The van der Waals surface area contributed by atoms with Crippen LogP contribution in [0.25, 0.3) is 3.59 Å². The fraction of sp³-hybridized carbons (Fsp3) is 0.412. The van der Waals surface area contributed by atoms with Gasteiger partial charge in [0.05, 0.1) is 0 Å². The van der Waals surface area contributed by atoms with Crippen LogP contribution in [-0.2, 0) is 5.41 Å². The molecule has 0 atom stereocenters. The summed E-state index contributed by atoms with van der Waals surface area (Å²) in [7, 11) is 0. The molecule has 1 rings (SSSR count). The Kier molecular flexibility index (Phi) is 4.72. The van der Waals surface area contributed by atoms with E-state index in [0.29, 0.717) is 0 Å². The van der Waals surface area contributed by atoms with Crippen LogP contribution in [-0.4, -0.2) is 18.4 Å². The van der Waals surface area contributed by atoms with E-state index in [4.69, 9.17) is 6.58 Å². The van der Waals surface area contributed by atoms with Crippen LogP contribution in [0.2, 0.25) is 14.8 Å². The summed E-state index contributed by atoms with van der Waals surface area (Å²) in [6.07, 6.45) is 0. The Morgan fingerprint density at radius 2 is 1.56 bits per heavy atom. The van der Waals surface area contributed by atoms with Crippen LogP contribution in [0.15, 0.2) is 35.7 Å². The van der Waals surface area contributed by atoms with Gasteiger partial charge in [0.1, 0.15) is 0 Å². The van der Waals surface area contributed by atoms with E-state index in [-0.39, 0.29) is 5.41 Å². The van der Waals surface area contributed by atoms with Crippen molar-refractivity contribution in [2.75, 3.05) is 0 Å². The first-order chi connectivity index (χ1) is 8.16. The quantitative estimate of drug-likeness (QED) is 0.530. The number of hydrogen-bond donors (Lipinski definition) is 0. The minimum absolute atomic E-state index is 0.185. The molecule has 18 heavy (non-hydrogen) atoms. The second-order valence-electron chi connectivity index (χ2n) is 6.70. The Bertz CT molecular complexity index is 494. The second-order valence-corrected chi connectivity index (χ2v) is 21.0. The Morgan fingerprint density at radius 1 is 1.06 bits per heavy atom. The Morgan fingerprint density at radius 3 is 1.89 bits per heavy atom. The predicted octanol–water partition coefficient (Wildman–Crippen LogP) is 4.87. The maximum atomic E-state index is 7.16.